The Kier molecular flexibility index (Phi) is 9.34. The highest BCUT2D eigenvalue weighted by atomic mass is 35.5. The SMILES string of the molecule is Cl.Cl.N[C@@H]1CCC[C@H]1CC(=O)N1CCN(Cc2ccc(Cl)s2)CC1. The largest absolute Gasteiger partial charge is 0.340 e. The van der Waals surface area contributed by atoms with Crippen LogP contribution in [0.4, 0.5) is 0 Å². The van der Waals surface area contributed by atoms with Gasteiger partial charge in [-0.2, -0.15) is 0 Å². The molecule has 1 aromatic rings. The molecule has 0 bridgehead atoms. The molecule has 1 aliphatic heterocycles. The number of halogens is 3. The summed E-state index contributed by atoms with van der Waals surface area (Å²) in [6, 6.07) is 4.27. The Hall–Kier alpha value is -0.0400. The van der Waals surface area contributed by atoms with Crippen LogP contribution in [0.25, 0.3) is 0 Å². The lowest BCUT2D eigenvalue weighted by molar-refractivity contribution is -0.134. The summed E-state index contributed by atoms with van der Waals surface area (Å²) in [5.41, 5.74) is 6.08. The smallest absolute Gasteiger partial charge is 0.222 e. The van der Waals surface area contributed by atoms with Gasteiger partial charge >= 0.3 is 0 Å². The fourth-order valence-electron chi connectivity index (χ4n) is 3.48. The van der Waals surface area contributed by atoms with Crippen LogP contribution in [0.2, 0.25) is 4.34 Å². The maximum atomic E-state index is 12.4. The van der Waals surface area contributed by atoms with Crippen molar-refractivity contribution in [2.24, 2.45) is 11.7 Å². The van der Waals surface area contributed by atoms with Crippen molar-refractivity contribution in [3.63, 3.8) is 0 Å². The van der Waals surface area contributed by atoms with Gasteiger partial charge in [0.05, 0.1) is 4.34 Å². The topological polar surface area (TPSA) is 49.6 Å². The van der Waals surface area contributed by atoms with E-state index in [2.05, 4.69) is 11.0 Å². The lowest BCUT2D eigenvalue weighted by Crippen LogP contribution is -2.48. The van der Waals surface area contributed by atoms with Gasteiger partial charge in [0.1, 0.15) is 0 Å². The second-order valence-electron chi connectivity index (χ2n) is 6.42. The van der Waals surface area contributed by atoms with E-state index in [0.29, 0.717) is 18.2 Å². The number of thiophene rings is 1. The molecule has 2 heterocycles. The molecule has 0 aromatic carbocycles. The van der Waals surface area contributed by atoms with Gasteiger partial charge in [0, 0.05) is 50.1 Å². The summed E-state index contributed by atoms with van der Waals surface area (Å²) in [5, 5.41) is 0. The Balaban J connectivity index is 0.00000144. The number of amides is 1. The van der Waals surface area contributed by atoms with Crippen LogP contribution in [0.15, 0.2) is 12.1 Å². The Labute approximate surface area is 165 Å². The quantitative estimate of drug-likeness (QED) is 0.821. The molecule has 1 aromatic heterocycles. The lowest BCUT2D eigenvalue weighted by Gasteiger charge is -2.35. The van der Waals surface area contributed by atoms with Gasteiger partial charge < -0.3 is 10.6 Å². The molecule has 3 rings (SSSR count). The second-order valence-corrected chi connectivity index (χ2v) is 8.22. The third kappa shape index (κ3) is 5.75. The molecule has 2 atom stereocenters. The van der Waals surface area contributed by atoms with Crippen LogP contribution in [-0.4, -0.2) is 47.9 Å². The summed E-state index contributed by atoms with van der Waals surface area (Å²) < 4.78 is 0.844. The summed E-state index contributed by atoms with van der Waals surface area (Å²) in [5.74, 6) is 0.694. The van der Waals surface area contributed by atoms with Crippen LogP contribution in [0, 0.1) is 5.92 Å². The molecule has 1 amide bonds. The van der Waals surface area contributed by atoms with E-state index in [4.69, 9.17) is 17.3 Å². The van der Waals surface area contributed by atoms with Gasteiger partial charge in [-0.15, -0.1) is 36.2 Å². The maximum absolute atomic E-state index is 12.4. The minimum absolute atomic E-state index is 0. The predicted molar refractivity (Wildman–Crippen MR) is 106 cm³/mol. The molecule has 0 spiro atoms. The minimum Gasteiger partial charge on any atom is -0.340 e. The standard InChI is InChI=1S/C16H24ClN3OS.2ClH/c17-15-5-4-13(22-15)11-19-6-8-20(9-7-19)16(21)10-12-2-1-3-14(12)18;;/h4-5,12,14H,1-3,6-11,18H2;2*1H/t12-,14+;;/m0../s1. The van der Waals surface area contributed by atoms with Crippen molar-refractivity contribution >= 4 is 53.7 Å². The maximum Gasteiger partial charge on any atom is 0.222 e. The van der Waals surface area contributed by atoms with Gasteiger partial charge in [0.15, 0.2) is 0 Å². The van der Waals surface area contributed by atoms with Gasteiger partial charge in [-0.05, 0) is 30.9 Å². The zero-order valence-electron chi connectivity index (χ0n) is 13.7. The van der Waals surface area contributed by atoms with Crippen molar-refractivity contribution in [2.45, 2.75) is 38.3 Å². The molecule has 0 radical (unpaired) electrons. The van der Waals surface area contributed by atoms with Crippen molar-refractivity contribution in [1.29, 1.82) is 0 Å². The highest BCUT2D eigenvalue weighted by Crippen LogP contribution is 2.28. The molecule has 2 aliphatic rings. The van der Waals surface area contributed by atoms with Gasteiger partial charge in [-0.3, -0.25) is 9.69 Å². The molecule has 1 saturated heterocycles. The third-order valence-corrected chi connectivity index (χ3v) is 6.10. The molecule has 1 saturated carbocycles. The molecule has 1 aliphatic carbocycles. The van der Waals surface area contributed by atoms with E-state index in [-0.39, 0.29) is 30.9 Å². The van der Waals surface area contributed by atoms with Gasteiger partial charge in [-0.1, -0.05) is 18.0 Å². The Morgan fingerprint density at radius 2 is 1.92 bits per heavy atom. The van der Waals surface area contributed by atoms with Crippen LogP contribution < -0.4 is 5.73 Å². The van der Waals surface area contributed by atoms with E-state index >= 15 is 0 Å². The summed E-state index contributed by atoms with van der Waals surface area (Å²) >= 11 is 7.61. The van der Waals surface area contributed by atoms with Gasteiger partial charge in [0.25, 0.3) is 0 Å². The number of carbonyl (C=O) groups is 1. The molecule has 0 unspecified atom stereocenters. The van der Waals surface area contributed by atoms with E-state index in [1.54, 1.807) is 11.3 Å². The highest BCUT2D eigenvalue weighted by molar-refractivity contribution is 7.16. The summed E-state index contributed by atoms with van der Waals surface area (Å²) in [6.45, 7) is 4.49. The van der Waals surface area contributed by atoms with E-state index in [1.807, 2.05) is 11.0 Å². The fourth-order valence-corrected chi connectivity index (χ4v) is 4.61. The van der Waals surface area contributed by atoms with Gasteiger partial charge in [0.2, 0.25) is 5.91 Å². The number of carbonyl (C=O) groups excluding carboxylic acids is 1. The molecular weight excluding hydrogens is 389 g/mol. The fraction of sp³-hybridized carbons (Fsp3) is 0.688. The molecule has 138 valence electrons. The Morgan fingerprint density at radius 3 is 2.46 bits per heavy atom. The van der Waals surface area contributed by atoms with Gasteiger partial charge in [-0.25, -0.2) is 0 Å². The van der Waals surface area contributed by atoms with Crippen LogP contribution in [0.5, 0.6) is 0 Å². The van der Waals surface area contributed by atoms with Crippen LogP contribution >= 0.6 is 47.8 Å². The molecular formula is C16H26Cl3N3OS. The van der Waals surface area contributed by atoms with Crippen molar-refractivity contribution in [1.82, 2.24) is 9.80 Å². The highest BCUT2D eigenvalue weighted by Gasteiger charge is 2.29. The normalized spacial score (nSPS) is 24.3. The Bertz CT molecular complexity index is 520. The van der Waals surface area contributed by atoms with Crippen LogP contribution in [0.3, 0.4) is 0 Å². The first-order valence-electron chi connectivity index (χ1n) is 8.12. The zero-order valence-corrected chi connectivity index (χ0v) is 16.9. The summed E-state index contributed by atoms with van der Waals surface area (Å²) in [7, 11) is 0. The number of hydrogen-bond donors (Lipinski definition) is 1. The zero-order chi connectivity index (χ0) is 15.5. The molecule has 8 heteroatoms. The third-order valence-electron chi connectivity index (χ3n) is 4.89. The van der Waals surface area contributed by atoms with Crippen LogP contribution in [0.1, 0.15) is 30.6 Å². The summed E-state index contributed by atoms with van der Waals surface area (Å²) in [6.07, 6.45) is 4.01. The number of nitrogens with zero attached hydrogens (tertiary/aromatic N) is 2. The van der Waals surface area contributed by atoms with E-state index in [0.717, 1.165) is 49.9 Å². The minimum atomic E-state index is 0. The first-order chi connectivity index (χ1) is 10.6. The second kappa shape index (κ2) is 10.2. The average Bonchev–Trinajstić information content (AvgIpc) is 3.09. The number of piperazine rings is 1. The molecule has 24 heavy (non-hydrogen) atoms. The Morgan fingerprint density at radius 1 is 1.21 bits per heavy atom. The molecule has 2 N–H and O–H groups in total. The van der Waals surface area contributed by atoms with Crippen LogP contribution in [-0.2, 0) is 11.3 Å². The van der Waals surface area contributed by atoms with E-state index < -0.39 is 0 Å². The lowest BCUT2D eigenvalue weighted by atomic mass is 9.99. The van der Waals surface area contributed by atoms with Crippen molar-refractivity contribution in [3.05, 3.63) is 21.3 Å². The van der Waals surface area contributed by atoms with Crippen molar-refractivity contribution in [2.75, 3.05) is 26.2 Å². The summed E-state index contributed by atoms with van der Waals surface area (Å²) in [4.78, 5) is 18.1. The number of hydrogen-bond acceptors (Lipinski definition) is 4. The number of nitrogens with two attached hydrogens (primary N) is 1. The monoisotopic (exact) mass is 413 g/mol. The average molecular weight is 415 g/mol. The predicted octanol–water partition coefficient (Wildman–Crippen LogP) is 3.41. The molecule has 4 nitrogen and oxygen atoms in total. The van der Waals surface area contributed by atoms with E-state index in [9.17, 15) is 4.79 Å². The molecule has 2 fully saturated rings. The first-order valence-corrected chi connectivity index (χ1v) is 9.31. The van der Waals surface area contributed by atoms with Crippen molar-refractivity contribution < 1.29 is 4.79 Å². The van der Waals surface area contributed by atoms with Crippen molar-refractivity contribution in [3.8, 4) is 0 Å². The van der Waals surface area contributed by atoms with E-state index in [1.165, 1.54) is 11.3 Å². The number of rotatable bonds is 4. The first kappa shape index (κ1) is 22.0.